The Balaban J connectivity index is 1.83. The van der Waals surface area contributed by atoms with Crippen LogP contribution in [-0.4, -0.2) is 20.5 Å². The highest BCUT2D eigenvalue weighted by Gasteiger charge is 2.36. The quantitative estimate of drug-likeness (QED) is 0.415. The van der Waals surface area contributed by atoms with E-state index in [1.165, 1.54) is 11.3 Å². The molecule has 4 aromatic rings. The third-order valence-electron chi connectivity index (χ3n) is 5.27. The number of ether oxygens (including phenoxy) is 1. The summed E-state index contributed by atoms with van der Waals surface area (Å²) < 4.78 is 32.6. The van der Waals surface area contributed by atoms with Crippen LogP contribution in [0.1, 0.15) is 23.9 Å². The van der Waals surface area contributed by atoms with E-state index in [1.807, 2.05) is 48.7 Å². The van der Waals surface area contributed by atoms with E-state index in [-0.39, 0.29) is 9.79 Å². The van der Waals surface area contributed by atoms with E-state index >= 15 is 0 Å². The van der Waals surface area contributed by atoms with Crippen LogP contribution in [0, 0.1) is 0 Å². The lowest BCUT2D eigenvalue weighted by Gasteiger charge is -2.30. The predicted octanol–water partition coefficient (Wildman–Crippen LogP) is 5.43. The van der Waals surface area contributed by atoms with E-state index in [2.05, 4.69) is 4.98 Å². The summed E-state index contributed by atoms with van der Waals surface area (Å²) in [7, 11) is -2.04. The molecule has 1 heterocycles. The Morgan fingerprint density at radius 3 is 2.41 bits per heavy atom. The van der Waals surface area contributed by atoms with Crippen molar-refractivity contribution >= 4 is 31.9 Å². The zero-order valence-electron chi connectivity index (χ0n) is 16.2. The summed E-state index contributed by atoms with van der Waals surface area (Å²) in [6.07, 6.45) is 2.37. The molecule has 148 valence electrons. The maximum Gasteiger partial charge on any atom is 0.206 e. The molecule has 6 heteroatoms. The monoisotopic (exact) mass is 423 g/mol. The van der Waals surface area contributed by atoms with Gasteiger partial charge in [0.15, 0.2) is 0 Å². The molecule has 29 heavy (non-hydrogen) atoms. The number of thiazole rings is 1. The lowest BCUT2D eigenvalue weighted by Crippen LogP contribution is -2.29. The molecule has 0 N–H and O–H groups in total. The highest BCUT2D eigenvalue weighted by molar-refractivity contribution is 7.91. The van der Waals surface area contributed by atoms with Crippen molar-refractivity contribution in [2.24, 2.45) is 0 Å². The average Bonchev–Trinajstić information content (AvgIpc) is 3.30. The predicted molar refractivity (Wildman–Crippen MR) is 116 cm³/mol. The van der Waals surface area contributed by atoms with Gasteiger partial charge in [0.2, 0.25) is 9.84 Å². The highest BCUT2D eigenvalue weighted by atomic mass is 32.2. The van der Waals surface area contributed by atoms with Gasteiger partial charge in [-0.15, -0.1) is 11.3 Å². The van der Waals surface area contributed by atoms with Crippen molar-refractivity contribution in [2.75, 3.05) is 7.11 Å². The second-order valence-corrected chi connectivity index (χ2v) is 9.61. The molecular weight excluding hydrogens is 402 g/mol. The summed E-state index contributed by atoms with van der Waals surface area (Å²) in [6, 6.07) is 20.0. The number of benzene rings is 3. The van der Waals surface area contributed by atoms with Crippen LogP contribution in [0.5, 0.6) is 0 Å². The Hall–Kier alpha value is -2.54. The minimum absolute atomic E-state index is 0.247. The zero-order valence-corrected chi connectivity index (χ0v) is 17.8. The van der Waals surface area contributed by atoms with E-state index in [1.54, 1.807) is 43.6 Å². The third-order valence-corrected chi connectivity index (χ3v) is 7.93. The molecule has 4 rings (SSSR count). The molecule has 0 amide bonds. The van der Waals surface area contributed by atoms with Crippen molar-refractivity contribution < 1.29 is 13.2 Å². The molecule has 1 unspecified atom stereocenters. The van der Waals surface area contributed by atoms with Gasteiger partial charge >= 0.3 is 0 Å². The molecular formula is C23H21NO3S2. The topological polar surface area (TPSA) is 56.3 Å². The second kappa shape index (κ2) is 7.71. The molecule has 0 bridgehead atoms. The maximum absolute atomic E-state index is 13.4. The highest BCUT2D eigenvalue weighted by Crippen LogP contribution is 2.38. The number of hydrogen-bond donors (Lipinski definition) is 0. The number of nitrogens with zero attached hydrogens (tertiary/aromatic N) is 1. The first-order valence-corrected chi connectivity index (χ1v) is 11.7. The average molecular weight is 424 g/mol. The number of rotatable bonds is 6. The Labute approximate surface area is 174 Å². The van der Waals surface area contributed by atoms with E-state index in [4.69, 9.17) is 4.74 Å². The fraction of sp³-hybridized carbons (Fsp3) is 0.174. The van der Waals surface area contributed by atoms with Gasteiger partial charge < -0.3 is 4.74 Å². The molecule has 4 nitrogen and oxygen atoms in total. The summed E-state index contributed by atoms with van der Waals surface area (Å²) in [5.74, 6) is 0. The third kappa shape index (κ3) is 3.37. The van der Waals surface area contributed by atoms with E-state index in [0.717, 1.165) is 21.3 Å². The first-order valence-electron chi connectivity index (χ1n) is 9.31. The lowest BCUT2D eigenvalue weighted by molar-refractivity contribution is 0.0182. The Bertz CT molecular complexity index is 1240. The fourth-order valence-corrected chi connectivity index (χ4v) is 5.89. The van der Waals surface area contributed by atoms with Crippen molar-refractivity contribution in [2.45, 2.75) is 28.7 Å². The molecule has 0 saturated carbocycles. The van der Waals surface area contributed by atoms with Crippen molar-refractivity contribution in [1.29, 1.82) is 0 Å². The van der Waals surface area contributed by atoms with Gasteiger partial charge in [-0.2, -0.15) is 0 Å². The molecule has 0 aliphatic heterocycles. The van der Waals surface area contributed by atoms with Gasteiger partial charge in [-0.3, -0.25) is 0 Å². The SMILES string of the molecule is CCC(OC)(c1cccc(S(=O)(=O)c2ccc3ccccc3c2)c1)c1nccs1. The fourth-order valence-electron chi connectivity index (χ4n) is 3.64. The van der Waals surface area contributed by atoms with Gasteiger partial charge in [0.1, 0.15) is 10.6 Å². The molecule has 0 aliphatic carbocycles. The van der Waals surface area contributed by atoms with E-state index in [9.17, 15) is 8.42 Å². The molecule has 3 aromatic carbocycles. The number of aromatic nitrogens is 1. The van der Waals surface area contributed by atoms with E-state index in [0.29, 0.717) is 6.42 Å². The van der Waals surface area contributed by atoms with Gasteiger partial charge in [0, 0.05) is 18.7 Å². The summed E-state index contributed by atoms with van der Waals surface area (Å²) in [4.78, 5) is 4.96. The number of methoxy groups -OCH3 is 1. The standard InChI is InChI=1S/C23H21NO3S2/c1-3-23(27-2,22-24-13-14-28-22)19-9-6-10-20(16-19)29(25,26)21-12-11-17-7-4-5-8-18(17)15-21/h4-16H,3H2,1-2H3. The van der Waals surface area contributed by atoms with Gasteiger partial charge in [-0.25, -0.2) is 13.4 Å². The Kier molecular flexibility index (Phi) is 5.25. The van der Waals surface area contributed by atoms with Crippen LogP contribution in [0.3, 0.4) is 0 Å². The first-order chi connectivity index (χ1) is 14.0. The molecule has 1 atom stereocenters. The number of sulfone groups is 1. The second-order valence-electron chi connectivity index (χ2n) is 6.76. The Morgan fingerprint density at radius 2 is 1.72 bits per heavy atom. The molecule has 1 aromatic heterocycles. The smallest absolute Gasteiger partial charge is 0.206 e. The minimum atomic E-state index is -3.67. The molecule has 0 saturated heterocycles. The number of hydrogen-bond acceptors (Lipinski definition) is 5. The zero-order chi connectivity index (χ0) is 20.5. The maximum atomic E-state index is 13.4. The molecule has 0 aliphatic rings. The van der Waals surface area contributed by atoms with Crippen molar-refractivity contribution in [3.8, 4) is 0 Å². The van der Waals surface area contributed by atoms with Gasteiger partial charge in [-0.1, -0.05) is 49.4 Å². The van der Waals surface area contributed by atoms with Crippen LogP contribution in [-0.2, 0) is 20.2 Å². The van der Waals surface area contributed by atoms with Crippen LogP contribution < -0.4 is 0 Å². The van der Waals surface area contributed by atoms with Crippen LogP contribution in [0.25, 0.3) is 10.8 Å². The van der Waals surface area contributed by atoms with Crippen LogP contribution >= 0.6 is 11.3 Å². The van der Waals surface area contributed by atoms with Gasteiger partial charge in [0.25, 0.3) is 0 Å². The van der Waals surface area contributed by atoms with Crippen LogP contribution in [0.4, 0.5) is 0 Å². The van der Waals surface area contributed by atoms with Crippen LogP contribution in [0.15, 0.2) is 88.1 Å². The van der Waals surface area contributed by atoms with Gasteiger partial charge in [0.05, 0.1) is 9.79 Å². The molecule has 0 fully saturated rings. The Morgan fingerprint density at radius 1 is 0.966 bits per heavy atom. The van der Waals surface area contributed by atoms with E-state index < -0.39 is 15.4 Å². The summed E-state index contributed by atoms with van der Waals surface area (Å²) in [6.45, 7) is 2.01. The minimum Gasteiger partial charge on any atom is -0.366 e. The number of fused-ring (bicyclic) bond motifs is 1. The largest absolute Gasteiger partial charge is 0.366 e. The lowest BCUT2D eigenvalue weighted by atomic mass is 9.91. The van der Waals surface area contributed by atoms with Gasteiger partial charge in [-0.05, 0) is 47.0 Å². The summed E-state index contributed by atoms with van der Waals surface area (Å²) >= 11 is 1.50. The molecule has 0 radical (unpaired) electrons. The normalized spacial score (nSPS) is 14.0. The summed E-state index contributed by atoms with van der Waals surface area (Å²) in [5, 5.41) is 4.61. The first kappa shape index (κ1) is 19.8. The van der Waals surface area contributed by atoms with Crippen LogP contribution in [0.2, 0.25) is 0 Å². The van der Waals surface area contributed by atoms with Crippen molar-refractivity contribution in [3.05, 3.63) is 88.9 Å². The van der Waals surface area contributed by atoms with Crippen molar-refractivity contribution in [3.63, 3.8) is 0 Å². The molecule has 0 spiro atoms. The summed E-state index contributed by atoms with van der Waals surface area (Å²) in [5.41, 5.74) is 0.00242. The van der Waals surface area contributed by atoms with Crippen molar-refractivity contribution in [1.82, 2.24) is 4.98 Å².